The van der Waals surface area contributed by atoms with Gasteiger partial charge in [0.1, 0.15) is 0 Å². The highest BCUT2D eigenvalue weighted by molar-refractivity contribution is 6.31. The summed E-state index contributed by atoms with van der Waals surface area (Å²) in [5.74, 6) is -0.615. The zero-order valence-electron chi connectivity index (χ0n) is 12.4. The Balaban J connectivity index is 2.49. The van der Waals surface area contributed by atoms with Crippen LogP contribution < -0.4 is 5.32 Å². The van der Waals surface area contributed by atoms with Crippen molar-refractivity contribution in [2.45, 2.75) is 33.1 Å². The molecule has 21 heavy (non-hydrogen) atoms. The highest BCUT2D eigenvalue weighted by atomic mass is 35.5. The van der Waals surface area contributed by atoms with Crippen molar-refractivity contribution >= 4 is 23.5 Å². The van der Waals surface area contributed by atoms with Crippen LogP contribution in [0.3, 0.4) is 0 Å². The Hall–Kier alpha value is -1.55. The van der Waals surface area contributed by atoms with Gasteiger partial charge in [0.05, 0.1) is 6.42 Å². The van der Waals surface area contributed by atoms with Gasteiger partial charge in [0.15, 0.2) is 0 Å². The van der Waals surface area contributed by atoms with Gasteiger partial charge in [-0.2, -0.15) is 0 Å². The van der Waals surface area contributed by atoms with Crippen LogP contribution in [0.15, 0.2) is 24.3 Å². The van der Waals surface area contributed by atoms with Gasteiger partial charge in [-0.15, -0.1) is 0 Å². The first-order valence-corrected chi connectivity index (χ1v) is 7.48. The number of benzene rings is 1. The van der Waals surface area contributed by atoms with Gasteiger partial charge >= 0.3 is 5.97 Å². The molecule has 2 N–H and O–H groups in total. The first-order chi connectivity index (χ1) is 9.88. The minimum Gasteiger partial charge on any atom is -0.481 e. The van der Waals surface area contributed by atoms with Gasteiger partial charge in [-0.1, -0.05) is 43.6 Å². The predicted octanol–water partition coefficient (Wildman–Crippen LogP) is 3.14. The number of carbonyl (C=O) groups is 2. The van der Waals surface area contributed by atoms with Gasteiger partial charge in [0.25, 0.3) is 0 Å². The van der Waals surface area contributed by atoms with Crippen LogP contribution in [0.4, 0.5) is 0 Å². The lowest BCUT2D eigenvalue weighted by Gasteiger charge is -2.18. The summed E-state index contributed by atoms with van der Waals surface area (Å²) >= 11 is 6.01. The number of carboxylic acids is 1. The monoisotopic (exact) mass is 311 g/mol. The number of rotatable bonds is 8. The van der Waals surface area contributed by atoms with Crippen molar-refractivity contribution in [3.63, 3.8) is 0 Å². The zero-order chi connectivity index (χ0) is 15.8. The molecule has 4 nitrogen and oxygen atoms in total. The number of halogens is 1. The normalized spacial score (nSPS) is 12.2. The van der Waals surface area contributed by atoms with E-state index in [9.17, 15) is 9.59 Å². The first-order valence-electron chi connectivity index (χ1n) is 7.10. The second-order valence-corrected chi connectivity index (χ2v) is 6.07. The Morgan fingerprint density at radius 3 is 2.52 bits per heavy atom. The van der Waals surface area contributed by atoms with Gasteiger partial charge in [-0.3, -0.25) is 9.59 Å². The summed E-state index contributed by atoms with van der Waals surface area (Å²) in [7, 11) is 0. The maximum atomic E-state index is 11.9. The van der Waals surface area contributed by atoms with Crippen molar-refractivity contribution in [2.24, 2.45) is 11.8 Å². The van der Waals surface area contributed by atoms with Crippen LogP contribution in [-0.2, 0) is 16.0 Å². The molecular formula is C16H22ClNO3. The van der Waals surface area contributed by atoms with E-state index in [0.717, 1.165) is 12.0 Å². The van der Waals surface area contributed by atoms with Crippen LogP contribution in [0, 0.1) is 11.8 Å². The van der Waals surface area contributed by atoms with Crippen molar-refractivity contribution in [3.05, 3.63) is 34.9 Å². The maximum Gasteiger partial charge on any atom is 0.303 e. The van der Waals surface area contributed by atoms with Crippen molar-refractivity contribution in [3.8, 4) is 0 Å². The molecular weight excluding hydrogens is 290 g/mol. The average Bonchev–Trinajstić information content (AvgIpc) is 2.37. The average molecular weight is 312 g/mol. The Morgan fingerprint density at radius 2 is 1.95 bits per heavy atom. The van der Waals surface area contributed by atoms with E-state index in [1.54, 1.807) is 6.07 Å². The molecule has 1 amide bonds. The third-order valence-corrected chi connectivity index (χ3v) is 3.53. The molecule has 1 atom stereocenters. The summed E-state index contributed by atoms with van der Waals surface area (Å²) in [5.41, 5.74) is 0.773. The largest absolute Gasteiger partial charge is 0.481 e. The van der Waals surface area contributed by atoms with Crippen molar-refractivity contribution in [2.75, 3.05) is 6.54 Å². The standard InChI is InChI=1S/C16H22ClNO3/c1-11(2)7-12(8-16(20)21)10-18-15(19)9-13-5-3-4-6-14(13)17/h3-6,11-12H,7-10H2,1-2H3,(H,18,19)(H,20,21)/t12-/m0/s1. The quantitative estimate of drug-likeness (QED) is 0.775. The summed E-state index contributed by atoms with van der Waals surface area (Å²) in [6, 6.07) is 7.21. The van der Waals surface area contributed by atoms with Gasteiger partial charge in [-0.25, -0.2) is 0 Å². The van der Waals surface area contributed by atoms with Crippen LogP contribution in [-0.4, -0.2) is 23.5 Å². The lowest BCUT2D eigenvalue weighted by atomic mass is 9.94. The number of hydrogen-bond donors (Lipinski definition) is 2. The van der Waals surface area contributed by atoms with E-state index in [1.165, 1.54) is 0 Å². The lowest BCUT2D eigenvalue weighted by Crippen LogP contribution is -2.32. The lowest BCUT2D eigenvalue weighted by molar-refractivity contribution is -0.138. The third kappa shape index (κ3) is 7.14. The molecule has 0 aliphatic rings. The Bertz CT molecular complexity index is 488. The number of amides is 1. The number of carbonyl (C=O) groups excluding carboxylic acids is 1. The molecule has 0 bridgehead atoms. The molecule has 0 radical (unpaired) electrons. The molecule has 0 fully saturated rings. The predicted molar refractivity (Wildman–Crippen MR) is 83.4 cm³/mol. The molecule has 0 saturated heterocycles. The van der Waals surface area contributed by atoms with Crippen LogP contribution in [0.1, 0.15) is 32.3 Å². The fourth-order valence-electron chi connectivity index (χ4n) is 2.29. The van der Waals surface area contributed by atoms with Crippen LogP contribution >= 0.6 is 11.6 Å². The summed E-state index contributed by atoms with van der Waals surface area (Å²) in [6.07, 6.45) is 1.06. The highest BCUT2D eigenvalue weighted by Crippen LogP contribution is 2.16. The molecule has 0 saturated carbocycles. The molecule has 0 heterocycles. The first kappa shape index (κ1) is 17.5. The molecule has 0 spiro atoms. The van der Waals surface area contributed by atoms with Crippen molar-refractivity contribution in [1.82, 2.24) is 5.32 Å². The van der Waals surface area contributed by atoms with Crippen LogP contribution in [0.25, 0.3) is 0 Å². The van der Waals surface area contributed by atoms with Gasteiger partial charge < -0.3 is 10.4 Å². The van der Waals surface area contributed by atoms with Gasteiger partial charge in [0, 0.05) is 18.0 Å². The molecule has 0 aromatic heterocycles. The van der Waals surface area contributed by atoms with Crippen molar-refractivity contribution < 1.29 is 14.7 Å². The summed E-state index contributed by atoms with van der Waals surface area (Å²) in [5, 5.41) is 12.3. The fraction of sp³-hybridized carbons (Fsp3) is 0.500. The van der Waals surface area contributed by atoms with Gasteiger partial charge in [-0.05, 0) is 29.9 Å². The van der Waals surface area contributed by atoms with Gasteiger partial charge in [0.2, 0.25) is 5.91 Å². The summed E-state index contributed by atoms with van der Waals surface area (Å²) in [6.45, 7) is 4.47. The third-order valence-electron chi connectivity index (χ3n) is 3.16. The fourth-order valence-corrected chi connectivity index (χ4v) is 2.49. The summed E-state index contributed by atoms with van der Waals surface area (Å²) in [4.78, 5) is 22.8. The SMILES string of the molecule is CC(C)C[C@H](CNC(=O)Cc1ccccc1Cl)CC(=O)O. The number of hydrogen-bond acceptors (Lipinski definition) is 2. The second-order valence-electron chi connectivity index (χ2n) is 5.67. The summed E-state index contributed by atoms with van der Waals surface area (Å²) < 4.78 is 0. The zero-order valence-corrected chi connectivity index (χ0v) is 13.2. The Labute approximate surface area is 130 Å². The van der Waals surface area contributed by atoms with E-state index in [1.807, 2.05) is 32.0 Å². The number of aliphatic carboxylic acids is 1. The maximum absolute atomic E-state index is 11.9. The Morgan fingerprint density at radius 1 is 1.29 bits per heavy atom. The second kappa shape index (κ2) is 8.67. The molecule has 0 aliphatic carbocycles. The van der Waals surface area contributed by atoms with E-state index in [4.69, 9.17) is 16.7 Å². The van der Waals surface area contributed by atoms with Crippen molar-refractivity contribution in [1.29, 1.82) is 0 Å². The van der Waals surface area contributed by atoms with E-state index >= 15 is 0 Å². The molecule has 1 aromatic rings. The number of carboxylic acid groups (broad SMARTS) is 1. The number of nitrogens with one attached hydrogen (secondary N) is 1. The molecule has 116 valence electrons. The smallest absolute Gasteiger partial charge is 0.303 e. The van der Waals surface area contributed by atoms with E-state index in [0.29, 0.717) is 17.5 Å². The van der Waals surface area contributed by atoms with E-state index < -0.39 is 5.97 Å². The Kier molecular flexibility index (Phi) is 7.23. The molecule has 0 aliphatic heterocycles. The molecule has 1 rings (SSSR count). The molecule has 5 heteroatoms. The molecule has 1 aromatic carbocycles. The van der Waals surface area contributed by atoms with Crippen LogP contribution in [0.5, 0.6) is 0 Å². The highest BCUT2D eigenvalue weighted by Gasteiger charge is 2.16. The van der Waals surface area contributed by atoms with E-state index in [-0.39, 0.29) is 24.7 Å². The van der Waals surface area contributed by atoms with E-state index in [2.05, 4.69) is 5.32 Å². The minimum absolute atomic E-state index is 0.0438. The molecule has 0 unspecified atom stereocenters. The minimum atomic E-state index is -0.832. The van der Waals surface area contributed by atoms with Crippen LogP contribution in [0.2, 0.25) is 5.02 Å². The topological polar surface area (TPSA) is 66.4 Å².